The van der Waals surface area contributed by atoms with E-state index in [1.54, 1.807) is 24.3 Å². The van der Waals surface area contributed by atoms with Crippen LogP contribution in [0.25, 0.3) is 11.5 Å². The van der Waals surface area contributed by atoms with Gasteiger partial charge in [-0.25, -0.2) is 0 Å². The summed E-state index contributed by atoms with van der Waals surface area (Å²) in [6.07, 6.45) is 0.253. The molecule has 2 aromatic carbocycles. The first-order chi connectivity index (χ1) is 11.6. The summed E-state index contributed by atoms with van der Waals surface area (Å²) in [4.78, 5) is 11.9. The maximum Gasteiger partial charge on any atom is 0.249 e. The van der Waals surface area contributed by atoms with Crippen molar-refractivity contribution in [2.75, 3.05) is 0 Å². The Kier molecular flexibility index (Phi) is 5.13. The topological polar surface area (TPSA) is 68.0 Å². The molecule has 0 atom stereocenters. The van der Waals surface area contributed by atoms with Crippen molar-refractivity contribution in [3.63, 3.8) is 0 Å². The van der Waals surface area contributed by atoms with Crippen molar-refractivity contribution in [2.45, 2.75) is 13.0 Å². The van der Waals surface area contributed by atoms with Crippen molar-refractivity contribution in [2.24, 2.45) is 0 Å². The smallest absolute Gasteiger partial charge is 0.249 e. The van der Waals surface area contributed by atoms with Crippen LogP contribution in [-0.4, -0.2) is 16.1 Å². The largest absolute Gasteiger partial charge is 0.419 e. The van der Waals surface area contributed by atoms with Gasteiger partial charge in [-0.05, 0) is 29.8 Å². The van der Waals surface area contributed by atoms with E-state index in [0.717, 1.165) is 5.56 Å². The number of carbonyl (C=O) groups excluding carboxylic acids is 1. The molecule has 1 heterocycles. The van der Waals surface area contributed by atoms with Gasteiger partial charge in [-0.15, -0.1) is 10.2 Å². The highest BCUT2D eigenvalue weighted by atomic mass is 35.5. The summed E-state index contributed by atoms with van der Waals surface area (Å²) in [5.41, 5.74) is 1.53. The van der Waals surface area contributed by atoms with E-state index >= 15 is 0 Å². The summed E-state index contributed by atoms with van der Waals surface area (Å²) in [7, 11) is 0. The van der Waals surface area contributed by atoms with Gasteiger partial charge in [-0.2, -0.15) is 0 Å². The zero-order chi connectivity index (χ0) is 16.9. The number of rotatable bonds is 5. The molecule has 0 fully saturated rings. The third-order valence-corrected chi connectivity index (χ3v) is 3.87. The standard InChI is InChI=1S/C17H13Cl2N3O2/c18-12-7-5-11(6-8-12)9-15(23)20-10-16-21-22-17(24-16)13-3-1-2-4-14(13)19/h1-8H,9-10H2,(H,20,23). The first-order valence-corrected chi connectivity index (χ1v) is 7.96. The summed E-state index contributed by atoms with van der Waals surface area (Å²) in [6, 6.07) is 14.3. The lowest BCUT2D eigenvalue weighted by Crippen LogP contribution is -2.24. The van der Waals surface area contributed by atoms with Gasteiger partial charge in [-0.1, -0.05) is 47.5 Å². The van der Waals surface area contributed by atoms with Crippen LogP contribution in [0.3, 0.4) is 0 Å². The van der Waals surface area contributed by atoms with Crippen LogP contribution in [0.1, 0.15) is 11.5 Å². The number of nitrogens with one attached hydrogen (secondary N) is 1. The average molecular weight is 362 g/mol. The fourth-order valence-corrected chi connectivity index (χ4v) is 2.44. The molecule has 0 radical (unpaired) electrons. The second kappa shape index (κ2) is 7.47. The maximum atomic E-state index is 11.9. The molecule has 0 saturated carbocycles. The lowest BCUT2D eigenvalue weighted by Gasteiger charge is -2.03. The van der Waals surface area contributed by atoms with E-state index in [4.69, 9.17) is 27.6 Å². The SMILES string of the molecule is O=C(Cc1ccc(Cl)cc1)NCc1nnc(-c2ccccc2Cl)o1. The van der Waals surface area contributed by atoms with Crippen LogP contribution < -0.4 is 5.32 Å². The van der Waals surface area contributed by atoms with Gasteiger partial charge in [0, 0.05) is 5.02 Å². The molecule has 122 valence electrons. The van der Waals surface area contributed by atoms with Crippen LogP contribution in [0.5, 0.6) is 0 Å². The van der Waals surface area contributed by atoms with E-state index in [1.807, 2.05) is 24.3 Å². The third kappa shape index (κ3) is 4.13. The van der Waals surface area contributed by atoms with Crippen molar-refractivity contribution >= 4 is 29.1 Å². The Hall–Kier alpha value is -2.37. The molecule has 5 nitrogen and oxygen atoms in total. The highest BCUT2D eigenvalue weighted by molar-refractivity contribution is 6.33. The molecule has 0 aliphatic heterocycles. The van der Waals surface area contributed by atoms with Crippen molar-refractivity contribution in [3.05, 3.63) is 70.0 Å². The molecule has 3 aromatic rings. The Morgan fingerprint density at radius 1 is 1.04 bits per heavy atom. The Bertz CT molecular complexity index is 847. The number of nitrogens with zero attached hydrogens (tertiary/aromatic N) is 2. The van der Waals surface area contributed by atoms with Crippen molar-refractivity contribution < 1.29 is 9.21 Å². The van der Waals surface area contributed by atoms with Gasteiger partial charge in [0.15, 0.2) is 0 Å². The molecule has 0 bridgehead atoms. The number of benzene rings is 2. The number of hydrogen-bond donors (Lipinski definition) is 1. The molecule has 0 aliphatic rings. The summed E-state index contributed by atoms with van der Waals surface area (Å²) in [5.74, 6) is 0.492. The quantitative estimate of drug-likeness (QED) is 0.748. The minimum atomic E-state index is -0.144. The second-order valence-electron chi connectivity index (χ2n) is 5.06. The highest BCUT2D eigenvalue weighted by Gasteiger charge is 2.12. The summed E-state index contributed by atoms with van der Waals surface area (Å²) in [6.45, 7) is 0.157. The minimum absolute atomic E-state index is 0.144. The van der Waals surface area contributed by atoms with E-state index in [9.17, 15) is 4.79 Å². The normalized spacial score (nSPS) is 10.6. The van der Waals surface area contributed by atoms with Crippen LogP contribution in [0.15, 0.2) is 52.9 Å². The second-order valence-corrected chi connectivity index (χ2v) is 5.90. The summed E-state index contributed by atoms with van der Waals surface area (Å²) in [5, 5.41) is 11.8. The first-order valence-electron chi connectivity index (χ1n) is 7.20. The number of aromatic nitrogens is 2. The van der Waals surface area contributed by atoms with Gasteiger partial charge >= 0.3 is 0 Å². The van der Waals surface area contributed by atoms with Gasteiger partial charge < -0.3 is 9.73 Å². The average Bonchev–Trinajstić information content (AvgIpc) is 3.04. The third-order valence-electron chi connectivity index (χ3n) is 3.29. The summed E-state index contributed by atoms with van der Waals surface area (Å²) < 4.78 is 5.53. The molecular weight excluding hydrogens is 349 g/mol. The monoisotopic (exact) mass is 361 g/mol. The molecule has 0 spiro atoms. The maximum absolute atomic E-state index is 11.9. The molecule has 3 rings (SSSR count). The number of hydrogen-bond acceptors (Lipinski definition) is 4. The molecule has 1 aromatic heterocycles. The predicted molar refractivity (Wildman–Crippen MR) is 91.7 cm³/mol. The van der Waals surface area contributed by atoms with Gasteiger partial charge in [-0.3, -0.25) is 4.79 Å². The van der Waals surface area contributed by atoms with Gasteiger partial charge in [0.05, 0.1) is 23.6 Å². The molecule has 1 amide bonds. The van der Waals surface area contributed by atoms with Crippen LogP contribution in [0.2, 0.25) is 10.0 Å². The fraction of sp³-hybridized carbons (Fsp3) is 0.118. The number of halogens is 2. The zero-order valence-electron chi connectivity index (χ0n) is 12.5. The van der Waals surface area contributed by atoms with E-state index in [0.29, 0.717) is 27.4 Å². The lowest BCUT2D eigenvalue weighted by atomic mass is 10.1. The zero-order valence-corrected chi connectivity index (χ0v) is 14.0. The van der Waals surface area contributed by atoms with Crippen molar-refractivity contribution in [1.29, 1.82) is 0 Å². The lowest BCUT2D eigenvalue weighted by molar-refractivity contribution is -0.120. The van der Waals surface area contributed by atoms with Crippen LogP contribution in [0, 0.1) is 0 Å². The Morgan fingerprint density at radius 2 is 1.79 bits per heavy atom. The summed E-state index contributed by atoms with van der Waals surface area (Å²) >= 11 is 11.9. The van der Waals surface area contributed by atoms with Crippen LogP contribution in [-0.2, 0) is 17.8 Å². The van der Waals surface area contributed by atoms with Crippen LogP contribution in [0.4, 0.5) is 0 Å². The van der Waals surface area contributed by atoms with E-state index in [-0.39, 0.29) is 18.9 Å². The van der Waals surface area contributed by atoms with E-state index in [1.165, 1.54) is 0 Å². The number of amides is 1. The molecular formula is C17H13Cl2N3O2. The highest BCUT2D eigenvalue weighted by Crippen LogP contribution is 2.26. The number of carbonyl (C=O) groups is 1. The Labute approximate surface area is 148 Å². The van der Waals surface area contributed by atoms with E-state index in [2.05, 4.69) is 15.5 Å². The molecule has 7 heteroatoms. The van der Waals surface area contributed by atoms with Crippen molar-refractivity contribution in [1.82, 2.24) is 15.5 Å². The van der Waals surface area contributed by atoms with Gasteiger partial charge in [0.1, 0.15) is 0 Å². The molecule has 1 N–H and O–H groups in total. The van der Waals surface area contributed by atoms with Crippen molar-refractivity contribution in [3.8, 4) is 11.5 Å². The molecule has 0 aliphatic carbocycles. The van der Waals surface area contributed by atoms with E-state index < -0.39 is 0 Å². The Morgan fingerprint density at radius 3 is 2.54 bits per heavy atom. The van der Waals surface area contributed by atoms with Crippen LogP contribution >= 0.6 is 23.2 Å². The first kappa shape index (κ1) is 16.5. The molecule has 0 saturated heterocycles. The fourth-order valence-electron chi connectivity index (χ4n) is 2.09. The van der Waals surface area contributed by atoms with Gasteiger partial charge in [0.2, 0.25) is 17.7 Å². The predicted octanol–water partition coefficient (Wildman–Crippen LogP) is 3.90. The van der Waals surface area contributed by atoms with Gasteiger partial charge in [0.25, 0.3) is 0 Å². The molecule has 24 heavy (non-hydrogen) atoms. The molecule has 0 unspecified atom stereocenters. The Balaban J connectivity index is 1.58. The minimum Gasteiger partial charge on any atom is -0.419 e.